The van der Waals surface area contributed by atoms with E-state index in [9.17, 15) is 24.6 Å². The lowest BCUT2D eigenvalue weighted by molar-refractivity contribution is -0.323. The molecule has 148 valence electrons. The zero-order valence-corrected chi connectivity index (χ0v) is 15.8. The molecule has 7 heteroatoms. The monoisotopic (exact) mass is 378 g/mol. The van der Waals surface area contributed by atoms with Crippen molar-refractivity contribution in [2.45, 2.75) is 58.0 Å². The summed E-state index contributed by atoms with van der Waals surface area (Å²) in [6, 6.07) is 0. The summed E-state index contributed by atoms with van der Waals surface area (Å²) in [7, 11) is 0. The summed E-state index contributed by atoms with van der Waals surface area (Å²) in [5.41, 5.74) is -1.89. The van der Waals surface area contributed by atoms with E-state index in [1.807, 2.05) is 13.8 Å². The second-order valence-electron chi connectivity index (χ2n) is 9.74. The first-order valence-electron chi connectivity index (χ1n) is 9.90. The van der Waals surface area contributed by atoms with Crippen LogP contribution in [0.5, 0.6) is 0 Å². The second-order valence-corrected chi connectivity index (χ2v) is 9.74. The molecule has 1 spiro atoms. The first kappa shape index (κ1) is 17.8. The Kier molecular flexibility index (Phi) is 3.28. The highest BCUT2D eigenvalue weighted by molar-refractivity contribution is 6.40. The number of ketones is 2. The van der Waals surface area contributed by atoms with Gasteiger partial charge in [0.15, 0.2) is 11.6 Å². The molecule has 0 aromatic carbocycles. The SMILES string of the molecule is CC1CC(=O)C(=O)[C@]2(C)[C@H]3[C@@]4(O)OC[C@@]35[C@@H](C[C@@H]12)OC(=O)C[C@H]5[C@@H](C)[C@H]4O. The van der Waals surface area contributed by atoms with Crippen LogP contribution in [0.2, 0.25) is 0 Å². The van der Waals surface area contributed by atoms with Crippen molar-refractivity contribution in [3.63, 3.8) is 0 Å². The Morgan fingerprint density at radius 2 is 1.81 bits per heavy atom. The predicted molar refractivity (Wildman–Crippen MR) is 90.0 cm³/mol. The third-order valence-electron chi connectivity index (χ3n) is 8.79. The number of aliphatic hydroxyl groups is 2. The van der Waals surface area contributed by atoms with E-state index >= 15 is 0 Å². The summed E-state index contributed by atoms with van der Waals surface area (Å²) in [5, 5.41) is 22.4. The fourth-order valence-corrected chi connectivity index (χ4v) is 7.74. The van der Waals surface area contributed by atoms with Gasteiger partial charge in [-0.1, -0.05) is 20.8 Å². The summed E-state index contributed by atoms with van der Waals surface area (Å²) in [6.45, 7) is 5.62. The molecule has 2 aliphatic heterocycles. The van der Waals surface area contributed by atoms with Crippen molar-refractivity contribution in [1.82, 2.24) is 0 Å². The number of ether oxygens (including phenoxy) is 2. The zero-order valence-electron chi connectivity index (χ0n) is 15.8. The largest absolute Gasteiger partial charge is 0.462 e. The van der Waals surface area contributed by atoms with Gasteiger partial charge < -0.3 is 19.7 Å². The van der Waals surface area contributed by atoms with Crippen LogP contribution in [0.4, 0.5) is 0 Å². The highest BCUT2D eigenvalue weighted by Crippen LogP contribution is 2.73. The highest BCUT2D eigenvalue weighted by Gasteiger charge is 2.82. The topological polar surface area (TPSA) is 110 Å². The van der Waals surface area contributed by atoms with E-state index < -0.39 is 46.3 Å². The molecule has 3 saturated carbocycles. The summed E-state index contributed by atoms with van der Waals surface area (Å²) >= 11 is 0. The number of hydrogen-bond donors (Lipinski definition) is 2. The Morgan fingerprint density at radius 1 is 1.11 bits per heavy atom. The zero-order chi connectivity index (χ0) is 19.5. The number of fused-ring (bicyclic) bond motifs is 1. The van der Waals surface area contributed by atoms with Gasteiger partial charge >= 0.3 is 5.97 Å². The molecule has 2 heterocycles. The van der Waals surface area contributed by atoms with Gasteiger partial charge in [-0.2, -0.15) is 0 Å². The van der Waals surface area contributed by atoms with Crippen molar-refractivity contribution in [2.24, 2.45) is 40.4 Å². The van der Waals surface area contributed by atoms with Crippen LogP contribution in [0.1, 0.15) is 40.0 Å². The third kappa shape index (κ3) is 1.73. The van der Waals surface area contributed by atoms with Crippen LogP contribution in [-0.2, 0) is 23.9 Å². The van der Waals surface area contributed by atoms with Gasteiger partial charge in [-0.25, -0.2) is 0 Å². The quantitative estimate of drug-likeness (QED) is 0.465. The van der Waals surface area contributed by atoms with E-state index in [1.54, 1.807) is 6.92 Å². The van der Waals surface area contributed by atoms with Crippen molar-refractivity contribution in [1.29, 1.82) is 0 Å². The van der Waals surface area contributed by atoms with Crippen LogP contribution >= 0.6 is 0 Å². The number of Topliss-reactive ketones (excluding diaryl/α,β-unsaturated/α-hetero) is 2. The molecular weight excluding hydrogens is 352 g/mol. The Hall–Kier alpha value is -1.31. The lowest BCUT2D eigenvalue weighted by Crippen LogP contribution is -2.76. The highest BCUT2D eigenvalue weighted by atomic mass is 16.6. The summed E-state index contributed by atoms with van der Waals surface area (Å²) < 4.78 is 11.6. The van der Waals surface area contributed by atoms with Gasteiger partial charge in [0, 0.05) is 29.6 Å². The van der Waals surface area contributed by atoms with Gasteiger partial charge in [-0.3, -0.25) is 14.4 Å². The summed E-state index contributed by atoms with van der Waals surface area (Å²) in [6.07, 6.45) is -0.924. The average molecular weight is 378 g/mol. The molecule has 0 amide bonds. The first-order chi connectivity index (χ1) is 12.6. The minimum Gasteiger partial charge on any atom is -0.462 e. The number of carbonyl (C=O) groups is 3. The lowest BCUT2D eigenvalue weighted by atomic mass is 9.37. The number of esters is 1. The van der Waals surface area contributed by atoms with Gasteiger partial charge in [0.05, 0.1) is 6.61 Å². The number of rotatable bonds is 0. The van der Waals surface area contributed by atoms with Gasteiger partial charge in [-0.15, -0.1) is 0 Å². The average Bonchev–Trinajstić information content (AvgIpc) is 2.90. The van der Waals surface area contributed by atoms with Crippen molar-refractivity contribution >= 4 is 17.5 Å². The Bertz CT molecular complexity index is 763. The van der Waals surface area contributed by atoms with Gasteiger partial charge in [0.2, 0.25) is 5.78 Å². The molecule has 10 atom stereocenters. The molecule has 0 radical (unpaired) electrons. The molecule has 3 aliphatic carbocycles. The Balaban J connectivity index is 1.77. The Morgan fingerprint density at radius 3 is 2.52 bits per heavy atom. The van der Waals surface area contributed by atoms with E-state index in [-0.39, 0.29) is 49.1 Å². The lowest BCUT2D eigenvalue weighted by Gasteiger charge is -2.66. The van der Waals surface area contributed by atoms with E-state index in [1.165, 1.54) is 0 Å². The summed E-state index contributed by atoms with van der Waals surface area (Å²) in [4.78, 5) is 38.0. The molecule has 2 saturated heterocycles. The molecule has 1 unspecified atom stereocenters. The van der Waals surface area contributed by atoms with Crippen molar-refractivity contribution in [2.75, 3.05) is 6.61 Å². The molecule has 5 aliphatic rings. The smallest absolute Gasteiger partial charge is 0.306 e. The maximum atomic E-state index is 13.2. The fraction of sp³-hybridized carbons (Fsp3) is 0.850. The number of carbonyl (C=O) groups excluding carboxylic acids is 3. The van der Waals surface area contributed by atoms with Crippen LogP contribution in [-0.4, -0.2) is 52.4 Å². The third-order valence-corrected chi connectivity index (χ3v) is 8.79. The fourth-order valence-electron chi connectivity index (χ4n) is 7.74. The molecule has 2 bridgehead atoms. The first-order valence-corrected chi connectivity index (χ1v) is 9.90. The molecule has 0 aromatic rings. The molecule has 5 fully saturated rings. The maximum Gasteiger partial charge on any atom is 0.306 e. The molecule has 2 N–H and O–H groups in total. The van der Waals surface area contributed by atoms with Crippen molar-refractivity contribution in [3.8, 4) is 0 Å². The van der Waals surface area contributed by atoms with Gasteiger partial charge in [0.25, 0.3) is 0 Å². The minimum absolute atomic E-state index is 0.0730. The minimum atomic E-state index is -1.92. The normalized spacial score (nSPS) is 59.1. The second kappa shape index (κ2) is 4.99. The van der Waals surface area contributed by atoms with Crippen LogP contribution in [0, 0.1) is 40.4 Å². The van der Waals surface area contributed by atoms with E-state index in [0.717, 1.165) is 0 Å². The van der Waals surface area contributed by atoms with Crippen LogP contribution in [0.15, 0.2) is 0 Å². The maximum absolute atomic E-state index is 13.2. The molecule has 0 aromatic heterocycles. The number of hydrogen-bond acceptors (Lipinski definition) is 7. The summed E-state index contributed by atoms with van der Waals surface area (Å²) in [5.74, 6) is -4.82. The number of aliphatic hydroxyl groups excluding tert-OH is 1. The molecule has 5 rings (SSSR count). The predicted octanol–water partition coefficient (Wildman–Crippen LogP) is 0.454. The standard InChI is InChI=1S/C20H26O7/c1-8-4-12(21)16(24)18(3)10(8)5-13-19-7-26-20(25,17(18)19)15(23)9(2)11(19)6-14(22)27-13/h8-11,13,15,17,23,25H,4-7H2,1-3H3/t8?,9-,10+,11+,13-,15-,17-,18-,19-,20+/m1/s1. The van der Waals surface area contributed by atoms with Crippen molar-refractivity contribution < 1.29 is 34.1 Å². The van der Waals surface area contributed by atoms with Crippen LogP contribution in [0.3, 0.4) is 0 Å². The van der Waals surface area contributed by atoms with E-state index in [4.69, 9.17) is 9.47 Å². The van der Waals surface area contributed by atoms with E-state index in [0.29, 0.717) is 6.42 Å². The van der Waals surface area contributed by atoms with Gasteiger partial charge in [-0.05, 0) is 30.1 Å². The van der Waals surface area contributed by atoms with Crippen LogP contribution in [0.25, 0.3) is 0 Å². The van der Waals surface area contributed by atoms with Crippen LogP contribution < -0.4 is 0 Å². The Labute approximate surface area is 157 Å². The van der Waals surface area contributed by atoms with E-state index in [2.05, 4.69) is 0 Å². The molecular formula is C20H26O7. The van der Waals surface area contributed by atoms with Gasteiger partial charge in [0.1, 0.15) is 12.2 Å². The molecule has 7 nitrogen and oxygen atoms in total. The molecule has 27 heavy (non-hydrogen) atoms. The van der Waals surface area contributed by atoms with Crippen molar-refractivity contribution in [3.05, 3.63) is 0 Å².